The number of halogens is 1. The van der Waals surface area contributed by atoms with Gasteiger partial charge in [0.15, 0.2) is 0 Å². The average molecular weight is 249 g/mol. The van der Waals surface area contributed by atoms with Gasteiger partial charge in [-0.15, -0.1) is 11.6 Å². The Morgan fingerprint density at radius 3 is 2.38 bits per heavy atom. The van der Waals surface area contributed by atoms with E-state index in [0.717, 1.165) is 32.1 Å². The van der Waals surface area contributed by atoms with E-state index in [9.17, 15) is 9.59 Å². The van der Waals surface area contributed by atoms with Crippen molar-refractivity contribution in [3.63, 3.8) is 0 Å². The highest BCUT2D eigenvalue weighted by atomic mass is 35.5. The molecule has 0 heterocycles. The number of urea groups is 1. The Labute approximate surface area is 102 Å². The Kier molecular flexibility index (Phi) is 9.00. The van der Waals surface area contributed by atoms with Crippen LogP contribution in [0.1, 0.15) is 46.0 Å². The molecule has 1 unspecified atom stereocenters. The summed E-state index contributed by atoms with van der Waals surface area (Å²) in [5.74, 6) is -0.661. The van der Waals surface area contributed by atoms with Gasteiger partial charge in [0.1, 0.15) is 5.88 Å². The number of hydrogen-bond donors (Lipinski definition) is 2. The smallest absolute Gasteiger partial charge is 0.321 e. The van der Waals surface area contributed by atoms with Gasteiger partial charge < -0.3 is 5.32 Å². The normalized spacial score (nSPS) is 11.9. The van der Waals surface area contributed by atoms with Gasteiger partial charge in [0.05, 0.1) is 0 Å². The molecule has 1 atom stereocenters. The van der Waals surface area contributed by atoms with Gasteiger partial charge in [-0.2, -0.15) is 0 Å². The maximum atomic E-state index is 11.4. The average Bonchev–Trinajstić information content (AvgIpc) is 2.25. The summed E-state index contributed by atoms with van der Waals surface area (Å²) in [5, 5.41) is 4.96. The number of hydrogen-bond acceptors (Lipinski definition) is 2. The quantitative estimate of drug-likeness (QED) is 0.680. The van der Waals surface area contributed by atoms with Crippen molar-refractivity contribution in [3.8, 4) is 0 Å². The predicted molar refractivity (Wildman–Crippen MR) is 65.6 cm³/mol. The van der Waals surface area contributed by atoms with Gasteiger partial charge in [-0.25, -0.2) is 4.79 Å². The highest BCUT2D eigenvalue weighted by Gasteiger charge is 2.12. The van der Waals surface area contributed by atoms with E-state index in [0.29, 0.717) is 0 Å². The van der Waals surface area contributed by atoms with Crippen LogP contribution in [0.5, 0.6) is 0 Å². The zero-order valence-electron chi connectivity index (χ0n) is 10.0. The molecule has 0 bridgehead atoms. The summed E-state index contributed by atoms with van der Waals surface area (Å²) in [7, 11) is 0. The maximum absolute atomic E-state index is 11.4. The van der Waals surface area contributed by atoms with E-state index in [1.165, 1.54) is 0 Å². The summed E-state index contributed by atoms with van der Waals surface area (Å²) in [5.41, 5.74) is 0. The zero-order chi connectivity index (χ0) is 12.4. The van der Waals surface area contributed by atoms with E-state index in [1.807, 2.05) is 0 Å². The van der Waals surface area contributed by atoms with Crippen LogP contribution in [-0.4, -0.2) is 23.9 Å². The first-order chi connectivity index (χ1) is 7.63. The lowest BCUT2D eigenvalue weighted by Crippen LogP contribution is -2.44. The Morgan fingerprint density at radius 1 is 1.19 bits per heavy atom. The van der Waals surface area contributed by atoms with Crippen LogP contribution in [0.15, 0.2) is 0 Å². The third-order valence-electron chi connectivity index (χ3n) is 2.25. The summed E-state index contributed by atoms with van der Waals surface area (Å²) in [4.78, 5) is 22.2. The molecule has 0 radical (unpaired) electrons. The van der Waals surface area contributed by atoms with Crippen molar-refractivity contribution in [1.29, 1.82) is 0 Å². The van der Waals surface area contributed by atoms with Gasteiger partial charge in [0, 0.05) is 6.04 Å². The fraction of sp³-hybridized carbons (Fsp3) is 0.818. The van der Waals surface area contributed by atoms with Crippen LogP contribution in [0.25, 0.3) is 0 Å². The molecule has 16 heavy (non-hydrogen) atoms. The number of carbonyl (C=O) groups is 2. The van der Waals surface area contributed by atoms with Crippen molar-refractivity contribution in [3.05, 3.63) is 0 Å². The second-order valence-electron chi connectivity index (χ2n) is 3.78. The van der Waals surface area contributed by atoms with Gasteiger partial charge in [-0.1, -0.05) is 33.1 Å². The van der Waals surface area contributed by atoms with Crippen molar-refractivity contribution in [2.45, 2.75) is 52.0 Å². The fourth-order valence-electron chi connectivity index (χ4n) is 1.47. The standard InChI is InChI=1S/C11H21ClN2O2/c1-3-5-7-9(6-4-2)13-11(16)14-10(15)8-12/h9H,3-8H2,1-2H3,(H2,13,14,15,16). The minimum absolute atomic E-state index is 0.146. The van der Waals surface area contributed by atoms with Crippen LogP contribution in [0, 0.1) is 0 Å². The molecule has 0 aliphatic carbocycles. The molecule has 0 rings (SSSR count). The fourth-order valence-corrected chi connectivity index (χ4v) is 1.54. The Bertz CT molecular complexity index is 222. The monoisotopic (exact) mass is 248 g/mol. The number of carbonyl (C=O) groups excluding carboxylic acids is 2. The van der Waals surface area contributed by atoms with Gasteiger partial charge in [0.2, 0.25) is 5.91 Å². The Morgan fingerprint density at radius 2 is 1.88 bits per heavy atom. The van der Waals surface area contributed by atoms with Crippen LogP contribution in [0.2, 0.25) is 0 Å². The number of amides is 3. The summed E-state index contributed by atoms with van der Waals surface area (Å²) < 4.78 is 0. The van der Waals surface area contributed by atoms with Crippen LogP contribution >= 0.6 is 11.6 Å². The van der Waals surface area contributed by atoms with E-state index >= 15 is 0 Å². The maximum Gasteiger partial charge on any atom is 0.321 e. The molecule has 0 saturated carbocycles. The molecular formula is C11H21ClN2O2. The first-order valence-electron chi connectivity index (χ1n) is 5.80. The van der Waals surface area contributed by atoms with Crippen LogP contribution in [0.4, 0.5) is 4.79 Å². The Balaban J connectivity index is 3.96. The second-order valence-corrected chi connectivity index (χ2v) is 4.05. The van der Waals surface area contributed by atoms with E-state index < -0.39 is 11.9 Å². The topological polar surface area (TPSA) is 58.2 Å². The first-order valence-corrected chi connectivity index (χ1v) is 6.33. The SMILES string of the molecule is CCCCC(CCC)NC(=O)NC(=O)CCl. The van der Waals surface area contributed by atoms with Crippen molar-refractivity contribution in [1.82, 2.24) is 10.6 Å². The molecule has 0 fully saturated rings. The van der Waals surface area contributed by atoms with Crippen molar-refractivity contribution in [2.24, 2.45) is 0 Å². The minimum Gasteiger partial charge on any atom is -0.335 e. The summed E-state index contributed by atoms with van der Waals surface area (Å²) >= 11 is 5.29. The summed E-state index contributed by atoms with van der Waals surface area (Å²) in [6.45, 7) is 4.18. The molecule has 0 aromatic carbocycles. The number of nitrogens with one attached hydrogen (secondary N) is 2. The molecule has 94 valence electrons. The van der Waals surface area contributed by atoms with Crippen LogP contribution < -0.4 is 10.6 Å². The third kappa shape index (κ3) is 7.51. The number of imide groups is 1. The first kappa shape index (κ1) is 15.2. The van der Waals surface area contributed by atoms with E-state index in [2.05, 4.69) is 24.5 Å². The van der Waals surface area contributed by atoms with Gasteiger partial charge >= 0.3 is 6.03 Å². The lowest BCUT2D eigenvalue weighted by Gasteiger charge is -2.17. The second kappa shape index (κ2) is 9.46. The molecule has 5 heteroatoms. The van der Waals surface area contributed by atoms with Crippen molar-refractivity contribution < 1.29 is 9.59 Å². The van der Waals surface area contributed by atoms with Gasteiger partial charge in [-0.3, -0.25) is 10.1 Å². The summed E-state index contributed by atoms with van der Waals surface area (Å²) in [6.07, 6.45) is 5.08. The molecule has 0 aliphatic rings. The van der Waals surface area contributed by atoms with E-state index in [4.69, 9.17) is 11.6 Å². The largest absolute Gasteiger partial charge is 0.335 e. The zero-order valence-corrected chi connectivity index (χ0v) is 10.8. The predicted octanol–water partition coefficient (Wildman–Crippen LogP) is 2.41. The van der Waals surface area contributed by atoms with Crippen LogP contribution in [-0.2, 0) is 4.79 Å². The number of unbranched alkanes of at least 4 members (excludes halogenated alkanes) is 1. The van der Waals surface area contributed by atoms with E-state index in [-0.39, 0.29) is 11.9 Å². The molecule has 3 amide bonds. The molecular weight excluding hydrogens is 228 g/mol. The highest BCUT2D eigenvalue weighted by Crippen LogP contribution is 2.06. The van der Waals surface area contributed by atoms with Crippen molar-refractivity contribution >= 4 is 23.5 Å². The lowest BCUT2D eigenvalue weighted by atomic mass is 10.1. The van der Waals surface area contributed by atoms with Gasteiger partial charge in [-0.05, 0) is 12.8 Å². The molecule has 0 aromatic heterocycles. The lowest BCUT2D eigenvalue weighted by molar-refractivity contribution is -0.117. The summed E-state index contributed by atoms with van der Waals surface area (Å²) in [6, 6.07) is -0.298. The molecule has 2 N–H and O–H groups in total. The number of rotatable bonds is 7. The number of alkyl halides is 1. The van der Waals surface area contributed by atoms with E-state index in [1.54, 1.807) is 0 Å². The Hall–Kier alpha value is -0.770. The minimum atomic E-state index is -0.468. The highest BCUT2D eigenvalue weighted by molar-refractivity contribution is 6.28. The molecule has 4 nitrogen and oxygen atoms in total. The third-order valence-corrected chi connectivity index (χ3v) is 2.50. The van der Waals surface area contributed by atoms with Gasteiger partial charge in [0.25, 0.3) is 0 Å². The van der Waals surface area contributed by atoms with Crippen molar-refractivity contribution in [2.75, 3.05) is 5.88 Å². The molecule has 0 aliphatic heterocycles. The van der Waals surface area contributed by atoms with Crippen LogP contribution in [0.3, 0.4) is 0 Å². The molecule has 0 spiro atoms. The molecule has 0 aromatic rings. The molecule has 0 saturated heterocycles.